The lowest BCUT2D eigenvalue weighted by Crippen LogP contribution is -2.18. The molecule has 0 aliphatic rings. The predicted octanol–water partition coefficient (Wildman–Crippen LogP) is 3.17. The first kappa shape index (κ1) is 15.4. The van der Waals surface area contributed by atoms with Gasteiger partial charge in [-0.2, -0.15) is 0 Å². The summed E-state index contributed by atoms with van der Waals surface area (Å²) in [6.07, 6.45) is 2.13. The van der Waals surface area contributed by atoms with Gasteiger partial charge in [0.25, 0.3) is 0 Å². The van der Waals surface area contributed by atoms with Crippen LogP contribution >= 0.6 is 11.6 Å². The van der Waals surface area contributed by atoms with Gasteiger partial charge in [-0.05, 0) is 24.1 Å². The maximum Gasteiger partial charge on any atom is 0.0948 e. The Kier molecular flexibility index (Phi) is 8.01. The Bertz CT molecular complexity index is 333. The van der Waals surface area contributed by atoms with E-state index in [9.17, 15) is 0 Å². The van der Waals surface area contributed by atoms with Crippen molar-refractivity contribution in [1.82, 2.24) is 0 Å². The van der Waals surface area contributed by atoms with Gasteiger partial charge in [-0.3, -0.25) is 0 Å². The van der Waals surface area contributed by atoms with E-state index in [2.05, 4.69) is 6.92 Å². The molecule has 1 atom stereocenters. The third-order valence-electron chi connectivity index (χ3n) is 2.62. The maximum atomic E-state index is 5.94. The SMILES string of the molecule is CCCCOCCOC(CN)c1cccc(Cl)c1. The van der Waals surface area contributed by atoms with Crippen LogP contribution in [0.2, 0.25) is 5.02 Å². The average Bonchev–Trinajstić information content (AvgIpc) is 2.38. The fourth-order valence-electron chi connectivity index (χ4n) is 1.60. The zero-order valence-corrected chi connectivity index (χ0v) is 11.7. The van der Waals surface area contributed by atoms with E-state index in [-0.39, 0.29) is 6.10 Å². The van der Waals surface area contributed by atoms with Gasteiger partial charge in [-0.1, -0.05) is 37.1 Å². The Balaban J connectivity index is 2.29. The first-order valence-corrected chi connectivity index (χ1v) is 6.80. The van der Waals surface area contributed by atoms with Crippen LogP contribution in [0.4, 0.5) is 0 Å². The molecular formula is C14H22ClNO2. The van der Waals surface area contributed by atoms with Gasteiger partial charge in [-0.25, -0.2) is 0 Å². The third-order valence-corrected chi connectivity index (χ3v) is 2.86. The van der Waals surface area contributed by atoms with E-state index in [0.29, 0.717) is 24.8 Å². The number of hydrogen-bond acceptors (Lipinski definition) is 3. The fraction of sp³-hybridized carbons (Fsp3) is 0.571. The summed E-state index contributed by atoms with van der Waals surface area (Å²) in [6, 6.07) is 7.60. The number of unbranched alkanes of at least 4 members (excludes halogenated alkanes) is 1. The van der Waals surface area contributed by atoms with Crippen LogP contribution in [0, 0.1) is 0 Å². The molecule has 0 saturated carbocycles. The molecule has 0 bridgehead atoms. The van der Waals surface area contributed by atoms with Crippen molar-refractivity contribution in [3.8, 4) is 0 Å². The smallest absolute Gasteiger partial charge is 0.0948 e. The average molecular weight is 272 g/mol. The molecular weight excluding hydrogens is 250 g/mol. The Morgan fingerprint density at radius 1 is 1.28 bits per heavy atom. The molecule has 0 saturated heterocycles. The summed E-state index contributed by atoms with van der Waals surface area (Å²) in [5.74, 6) is 0. The largest absolute Gasteiger partial charge is 0.379 e. The molecule has 18 heavy (non-hydrogen) atoms. The van der Waals surface area contributed by atoms with E-state index in [1.54, 1.807) is 0 Å². The quantitative estimate of drug-likeness (QED) is 0.702. The van der Waals surface area contributed by atoms with Gasteiger partial charge in [0.05, 0.1) is 19.3 Å². The molecule has 4 heteroatoms. The van der Waals surface area contributed by atoms with E-state index < -0.39 is 0 Å². The van der Waals surface area contributed by atoms with E-state index in [0.717, 1.165) is 25.0 Å². The molecule has 3 nitrogen and oxygen atoms in total. The van der Waals surface area contributed by atoms with Crippen molar-refractivity contribution in [1.29, 1.82) is 0 Å². The van der Waals surface area contributed by atoms with Crippen LogP contribution in [-0.4, -0.2) is 26.4 Å². The maximum absolute atomic E-state index is 5.94. The highest BCUT2D eigenvalue weighted by Crippen LogP contribution is 2.19. The molecule has 0 amide bonds. The molecule has 1 aromatic rings. The molecule has 0 spiro atoms. The second-order valence-electron chi connectivity index (χ2n) is 4.12. The summed E-state index contributed by atoms with van der Waals surface area (Å²) in [5.41, 5.74) is 6.72. The topological polar surface area (TPSA) is 44.5 Å². The summed E-state index contributed by atoms with van der Waals surface area (Å²) < 4.78 is 11.1. The highest BCUT2D eigenvalue weighted by Gasteiger charge is 2.09. The summed E-state index contributed by atoms with van der Waals surface area (Å²) >= 11 is 5.94. The van der Waals surface area contributed by atoms with Crippen LogP contribution in [0.25, 0.3) is 0 Å². The fourth-order valence-corrected chi connectivity index (χ4v) is 1.80. The van der Waals surface area contributed by atoms with E-state index >= 15 is 0 Å². The minimum Gasteiger partial charge on any atom is -0.379 e. The Morgan fingerprint density at radius 2 is 2.11 bits per heavy atom. The van der Waals surface area contributed by atoms with Gasteiger partial charge in [0.1, 0.15) is 0 Å². The highest BCUT2D eigenvalue weighted by atomic mass is 35.5. The number of hydrogen-bond donors (Lipinski definition) is 1. The van der Waals surface area contributed by atoms with Gasteiger partial charge < -0.3 is 15.2 Å². The number of halogens is 1. The first-order valence-electron chi connectivity index (χ1n) is 6.42. The van der Waals surface area contributed by atoms with Crippen molar-refractivity contribution in [2.24, 2.45) is 5.73 Å². The van der Waals surface area contributed by atoms with Crippen molar-refractivity contribution >= 4 is 11.6 Å². The Morgan fingerprint density at radius 3 is 2.78 bits per heavy atom. The van der Waals surface area contributed by atoms with Crippen molar-refractivity contribution in [3.63, 3.8) is 0 Å². The third kappa shape index (κ3) is 5.83. The molecule has 0 heterocycles. The summed E-state index contributed by atoms with van der Waals surface area (Å²) in [5, 5.41) is 0.703. The monoisotopic (exact) mass is 271 g/mol. The summed E-state index contributed by atoms with van der Waals surface area (Å²) in [7, 11) is 0. The molecule has 0 fully saturated rings. The lowest BCUT2D eigenvalue weighted by atomic mass is 10.1. The molecule has 2 N–H and O–H groups in total. The van der Waals surface area contributed by atoms with Gasteiger partial charge in [0.2, 0.25) is 0 Å². The molecule has 0 radical (unpaired) electrons. The highest BCUT2D eigenvalue weighted by molar-refractivity contribution is 6.30. The van der Waals surface area contributed by atoms with Crippen LogP contribution in [0.5, 0.6) is 0 Å². The van der Waals surface area contributed by atoms with Crippen LogP contribution < -0.4 is 5.73 Å². The summed E-state index contributed by atoms with van der Waals surface area (Å²) in [4.78, 5) is 0. The normalized spacial score (nSPS) is 12.6. The van der Waals surface area contributed by atoms with Crippen molar-refractivity contribution < 1.29 is 9.47 Å². The zero-order valence-electron chi connectivity index (χ0n) is 10.9. The molecule has 0 aliphatic carbocycles. The second-order valence-corrected chi connectivity index (χ2v) is 4.55. The molecule has 102 valence electrons. The van der Waals surface area contributed by atoms with Gasteiger partial charge in [0, 0.05) is 18.2 Å². The minimum atomic E-state index is -0.113. The van der Waals surface area contributed by atoms with Crippen molar-refractivity contribution in [3.05, 3.63) is 34.9 Å². The molecule has 0 aliphatic heterocycles. The summed E-state index contributed by atoms with van der Waals surface area (Å²) in [6.45, 7) is 4.54. The molecule has 0 aromatic heterocycles. The van der Waals surface area contributed by atoms with Gasteiger partial charge >= 0.3 is 0 Å². The lowest BCUT2D eigenvalue weighted by Gasteiger charge is -2.16. The lowest BCUT2D eigenvalue weighted by molar-refractivity contribution is 0.00696. The predicted molar refractivity (Wildman–Crippen MR) is 74.9 cm³/mol. The standard InChI is InChI=1S/C14H22ClNO2/c1-2-3-7-17-8-9-18-14(11-16)12-5-4-6-13(15)10-12/h4-6,10,14H,2-3,7-9,11,16H2,1H3. The van der Waals surface area contributed by atoms with Crippen molar-refractivity contribution in [2.45, 2.75) is 25.9 Å². The number of nitrogens with two attached hydrogens (primary N) is 1. The second kappa shape index (κ2) is 9.34. The number of benzene rings is 1. The van der Waals surface area contributed by atoms with E-state index in [4.69, 9.17) is 26.8 Å². The van der Waals surface area contributed by atoms with Crippen molar-refractivity contribution in [2.75, 3.05) is 26.4 Å². The van der Waals surface area contributed by atoms with Crippen LogP contribution in [0.15, 0.2) is 24.3 Å². The van der Waals surface area contributed by atoms with Crippen LogP contribution in [0.1, 0.15) is 31.4 Å². The Hall–Kier alpha value is -0.610. The minimum absolute atomic E-state index is 0.113. The Labute approximate surface area is 114 Å². The number of ether oxygens (including phenoxy) is 2. The zero-order chi connectivity index (χ0) is 13.2. The first-order chi connectivity index (χ1) is 8.77. The van der Waals surface area contributed by atoms with Gasteiger partial charge in [0.15, 0.2) is 0 Å². The van der Waals surface area contributed by atoms with Gasteiger partial charge in [-0.15, -0.1) is 0 Å². The molecule has 1 rings (SSSR count). The van der Waals surface area contributed by atoms with Crippen LogP contribution in [0.3, 0.4) is 0 Å². The number of rotatable bonds is 9. The van der Waals surface area contributed by atoms with E-state index in [1.165, 1.54) is 0 Å². The van der Waals surface area contributed by atoms with E-state index in [1.807, 2.05) is 24.3 Å². The molecule has 1 aromatic carbocycles. The molecule has 1 unspecified atom stereocenters. The van der Waals surface area contributed by atoms with Crippen LogP contribution in [-0.2, 0) is 9.47 Å².